The maximum absolute atomic E-state index is 13.3. The van der Waals surface area contributed by atoms with Crippen LogP contribution in [0.5, 0.6) is 0 Å². The van der Waals surface area contributed by atoms with Crippen molar-refractivity contribution in [2.24, 2.45) is 0 Å². The molecule has 0 spiro atoms. The fourth-order valence-electron chi connectivity index (χ4n) is 3.85. The van der Waals surface area contributed by atoms with Crippen LogP contribution in [0.15, 0.2) is 61.3 Å². The second kappa shape index (κ2) is 14.0. The SMILES string of the molecule is CN1CCCN(C(=O)c2nc(-c3cn(-c4ccccn4)cn3)n3ccccc23)CC1.O=C(O)C(F)(F)F.O=C(O)C(F)(F)F. The summed E-state index contributed by atoms with van der Waals surface area (Å²) in [5.74, 6) is -4.11. The van der Waals surface area contributed by atoms with E-state index in [2.05, 4.69) is 21.9 Å². The molecule has 0 aliphatic carbocycles. The molecule has 1 fully saturated rings. The Kier molecular flexibility index (Phi) is 10.6. The maximum atomic E-state index is 13.3. The Morgan fingerprint density at radius 1 is 0.841 bits per heavy atom. The van der Waals surface area contributed by atoms with Crippen LogP contribution in [-0.4, -0.2) is 107 Å². The summed E-state index contributed by atoms with van der Waals surface area (Å²) in [6.07, 6.45) is -1.93. The third-order valence-corrected chi connectivity index (χ3v) is 5.97. The first-order chi connectivity index (χ1) is 20.6. The number of nitrogens with zero attached hydrogens (tertiary/aromatic N) is 7. The van der Waals surface area contributed by atoms with Crippen LogP contribution in [-0.2, 0) is 9.59 Å². The van der Waals surface area contributed by atoms with Crippen LogP contribution >= 0.6 is 0 Å². The molecule has 0 radical (unpaired) electrons. The zero-order chi connectivity index (χ0) is 32.7. The van der Waals surface area contributed by atoms with E-state index in [1.807, 2.05) is 62.7 Å². The molecule has 12 nitrogen and oxygen atoms in total. The maximum Gasteiger partial charge on any atom is 0.490 e. The van der Waals surface area contributed by atoms with Gasteiger partial charge in [0.25, 0.3) is 5.91 Å². The topological polar surface area (TPSA) is 146 Å². The highest BCUT2D eigenvalue weighted by molar-refractivity contribution is 6.00. The normalized spacial score (nSPS) is 14.1. The lowest BCUT2D eigenvalue weighted by Crippen LogP contribution is -2.34. The van der Waals surface area contributed by atoms with Gasteiger partial charge in [0, 0.05) is 38.2 Å². The molecule has 5 rings (SSSR count). The lowest BCUT2D eigenvalue weighted by molar-refractivity contribution is -0.193. The van der Waals surface area contributed by atoms with Crippen molar-refractivity contribution in [2.75, 3.05) is 33.2 Å². The number of hydrogen-bond donors (Lipinski definition) is 2. The molecule has 1 amide bonds. The number of fused-ring (bicyclic) bond motifs is 1. The summed E-state index contributed by atoms with van der Waals surface area (Å²) >= 11 is 0. The number of alkyl halides is 6. The first-order valence-corrected chi connectivity index (χ1v) is 12.6. The van der Waals surface area contributed by atoms with E-state index in [0.717, 1.165) is 37.4 Å². The monoisotopic (exact) mass is 629 g/mol. The van der Waals surface area contributed by atoms with Crippen molar-refractivity contribution >= 4 is 23.4 Å². The number of hydrogen-bond acceptors (Lipinski definition) is 7. The third kappa shape index (κ3) is 8.76. The average molecular weight is 630 g/mol. The number of imidazole rings is 2. The number of likely N-dealkylation sites (N-methyl/N-ethyl adjacent to an activating group) is 1. The average Bonchev–Trinajstić information content (AvgIpc) is 3.54. The summed E-state index contributed by atoms with van der Waals surface area (Å²) in [6, 6.07) is 11.5. The summed E-state index contributed by atoms with van der Waals surface area (Å²) in [4.78, 5) is 48.9. The Morgan fingerprint density at radius 2 is 1.48 bits per heavy atom. The second-order valence-electron chi connectivity index (χ2n) is 9.15. The smallest absolute Gasteiger partial charge is 0.475 e. The van der Waals surface area contributed by atoms with Gasteiger partial charge in [0.05, 0.1) is 5.52 Å². The number of amides is 1. The zero-order valence-corrected chi connectivity index (χ0v) is 22.8. The Labute approximate surface area is 244 Å². The molecule has 44 heavy (non-hydrogen) atoms. The van der Waals surface area contributed by atoms with Crippen molar-refractivity contribution in [2.45, 2.75) is 18.8 Å². The summed E-state index contributed by atoms with van der Waals surface area (Å²) in [5.41, 5.74) is 1.96. The predicted molar refractivity (Wildman–Crippen MR) is 141 cm³/mol. The summed E-state index contributed by atoms with van der Waals surface area (Å²) < 4.78 is 67.3. The molecule has 1 saturated heterocycles. The van der Waals surface area contributed by atoms with Crippen LogP contribution in [0.2, 0.25) is 0 Å². The highest BCUT2D eigenvalue weighted by Crippen LogP contribution is 2.24. The first kappa shape index (κ1) is 33.5. The number of rotatable bonds is 3. The van der Waals surface area contributed by atoms with E-state index in [4.69, 9.17) is 24.8 Å². The van der Waals surface area contributed by atoms with Gasteiger partial charge in [-0.3, -0.25) is 13.8 Å². The van der Waals surface area contributed by atoms with Gasteiger partial charge in [-0.05, 0) is 44.3 Å². The van der Waals surface area contributed by atoms with Crippen molar-refractivity contribution in [1.29, 1.82) is 0 Å². The van der Waals surface area contributed by atoms with Crippen molar-refractivity contribution < 1.29 is 50.9 Å². The minimum Gasteiger partial charge on any atom is -0.475 e. The second-order valence-corrected chi connectivity index (χ2v) is 9.15. The number of pyridine rings is 2. The molecule has 0 atom stereocenters. The van der Waals surface area contributed by atoms with Gasteiger partial charge >= 0.3 is 24.3 Å². The molecule has 18 heteroatoms. The minimum atomic E-state index is -5.08. The number of carboxylic acids is 2. The molecular weight excluding hydrogens is 604 g/mol. The largest absolute Gasteiger partial charge is 0.490 e. The summed E-state index contributed by atoms with van der Waals surface area (Å²) in [5, 5.41) is 14.2. The molecule has 0 saturated carbocycles. The quantitative estimate of drug-likeness (QED) is 0.325. The lowest BCUT2D eigenvalue weighted by atomic mass is 10.3. The number of carbonyl (C=O) groups excluding carboxylic acids is 1. The van der Waals surface area contributed by atoms with Gasteiger partial charge in [-0.1, -0.05) is 12.1 Å². The Hall–Kier alpha value is -5.00. The molecule has 2 N–H and O–H groups in total. The van der Waals surface area contributed by atoms with E-state index >= 15 is 0 Å². The molecule has 1 aliphatic rings. The van der Waals surface area contributed by atoms with E-state index in [9.17, 15) is 31.1 Å². The van der Waals surface area contributed by atoms with E-state index in [1.165, 1.54) is 0 Å². The minimum absolute atomic E-state index is 0.0237. The molecule has 0 unspecified atom stereocenters. The van der Waals surface area contributed by atoms with Crippen molar-refractivity contribution in [3.63, 3.8) is 0 Å². The van der Waals surface area contributed by atoms with Gasteiger partial charge in [-0.2, -0.15) is 26.3 Å². The third-order valence-electron chi connectivity index (χ3n) is 5.97. The molecule has 4 aromatic heterocycles. The predicted octanol–water partition coefficient (Wildman–Crippen LogP) is 3.63. The zero-order valence-electron chi connectivity index (χ0n) is 22.8. The number of aromatic nitrogens is 5. The van der Waals surface area contributed by atoms with Gasteiger partial charge in [-0.15, -0.1) is 0 Å². The summed E-state index contributed by atoms with van der Waals surface area (Å²) in [6.45, 7) is 3.34. The lowest BCUT2D eigenvalue weighted by Gasteiger charge is -2.19. The van der Waals surface area contributed by atoms with E-state index in [0.29, 0.717) is 23.8 Å². The van der Waals surface area contributed by atoms with Crippen molar-refractivity contribution in [3.05, 3.63) is 67.0 Å². The molecule has 236 valence electrons. The van der Waals surface area contributed by atoms with E-state index in [1.54, 1.807) is 12.5 Å². The number of aliphatic carboxylic acids is 2. The molecule has 1 aliphatic heterocycles. The summed E-state index contributed by atoms with van der Waals surface area (Å²) in [7, 11) is 2.09. The molecule has 5 heterocycles. The first-order valence-electron chi connectivity index (χ1n) is 12.6. The van der Waals surface area contributed by atoms with Crippen molar-refractivity contribution in [1.82, 2.24) is 33.7 Å². The van der Waals surface area contributed by atoms with E-state index in [-0.39, 0.29) is 5.91 Å². The van der Waals surface area contributed by atoms with Crippen LogP contribution in [0.3, 0.4) is 0 Å². The molecule has 0 aromatic carbocycles. The van der Waals surface area contributed by atoms with Crippen LogP contribution < -0.4 is 0 Å². The highest BCUT2D eigenvalue weighted by Gasteiger charge is 2.39. The standard InChI is InChI=1S/C22H23N7O.2C2HF3O2/c1-26-10-6-11-27(14-13-26)22(30)20-18-7-3-5-12-29(18)21(25-20)17-15-28(16-24-17)19-8-2-4-9-23-19;2*3-2(4,5)1(6)7/h2-5,7-9,12,15-16H,6,10-11,13-14H2,1H3;2*(H,6,7). The number of halogens is 6. The van der Waals surface area contributed by atoms with Crippen LogP contribution in [0.4, 0.5) is 26.3 Å². The fourth-order valence-corrected chi connectivity index (χ4v) is 3.85. The Balaban J connectivity index is 0.000000317. The number of carbonyl (C=O) groups is 3. The Bertz CT molecular complexity index is 1560. The van der Waals surface area contributed by atoms with Gasteiger partial charge in [0.2, 0.25) is 0 Å². The molecule has 0 bridgehead atoms. The van der Waals surface area contributed by atoms with Gasteiger partial charge in [0.15, 0.2) is 11.5 Å². The van der Waals surface area contributed by atoms with Gasteiger partial charge in [0.1, 0.15) is 17.8 Å². The highest BCUT2D eigenvalue weighted by atomic mass is 19.4. The van der Waals surface area contributed by atoms with Gasteiger partial charge < -0.3 is 20.0 Å². The van der Waals surface area contributed by atoms with E-state index < -0.39 is 24.3 Å². The van der Waals surface area contributed by atoms with Gasteiger partial charge in [-0.25, -0.2) is 24.5 Å². The number of carboxylic acid groups (broad SMARTS) is 2. The Morgan fingerprint density at radius 3 is 2.07 bits per heavy atom. The molecule has 4 aromatic rings. The van der Waals surface area contributed by atoms with Crippen LogP contribution in [0, 0.1) is 0 Å². The molecular formula is C26H25F6N7O5. The van der Waals surface area contributed by atoms with Crippen molar-refractivity contribution in [3.8, 4) is 17.3 Å². The van der Waals surface area contributed by atoms with Crippen LogP contribution in [0.1, 0.15) is 16.9 Å². The van der Waals surface area contributed by atoms with Crippen LogP contribution in [0.25, 0.3) is 22.9 Å². The fraction of sp³-hybridized carbons (Fsp3) is 0.308.